The Kier molecular flexibility index (Phi) is 10.2. The summed E-state index contributed by atoms with van der Waals surface area (Å²) >= 11 is 0. The first-order valence-corrected chi connectivity index (χ1v) is 22.1. The molecule has 6 heteroatoms. The van der Waals surface area contributed by atoms with Gasteiger partial charge in [-0.25, -0.2) is 0 Å². The third-order valence-electron chi connectivity index (χ3n) is 13.7. The Hall–Kier alpha value is -6.92. The minimum atomic E-state index is -0.0307. The number of aryl methyl sites for hydroxylation is 3. The molecule has 6 atom stereocenters. The molecular formula is C56H56N6. The van der Waals surface area contributed by atoms with E-state index in [1.165, 1.54) is 67.6 Å². The first-order chi connectivity index (χ1) is 30.3. The van der Waals surface area contributed by atoms with Crippen molar-refractivity contribution in [2.24, 2.45) is 14.1 Å². The molecule has 2 aromatic heterocycles. The summed E-state index contributed by atoms with van der Waals surface area (Å²) in [5.74, 6) is 2.40. The van der Waals surface area contributed by atoms with E-state index in [0.29, 0.717) is 0 Å². The summed E-state index contributed by atoms with van der Waals surface area (Å²) in [5, 5.41) is 0. The van der Waals surface area contributed by atoms with Crippen molar-refractivity contribution in [2.45, 2.75) is 64.2 Å². The van der Waals surface area contributed by atoms with Gasteiger partial charge in [-0.05, 0) is 110 Å². The van der Waals surface area contributed by atoms with Gasteiger partial charge in [0.05, 0.1) is 24.2 Å². The molecule has 6 aromatic carbocycles. The highest BCUT2D eigenvalue weighted by molar-refractivity contribution is 5.71. The second-order valence-electron chi connectivity index (χ2n) is 17.3. The fourth-order valence-electron chi connectivity index (χ4n) is 10.9. The molecule has 0 aliphatic carbocycles. The molecule has 6 nitrogen and oxygen atoms in total. The number of hydrogen-bond donors (Lipinski definition) is 0. The average Bonchev–Trinajstić information content (AvgIpc) is 4.06. The minimum absolute atomic E-state index is 0.0129. The molecular weight excluding hydrogens is 757 g/mol. The molecule has 2 fully saturated rings. The fraction of sp³-hybridized carbons (Fsp3) is 0.214. The lowest BCUT2D eigenvalue weighted by molar-refractivity contribution is 0.624. The van der Waals surface area contributed by atoms with Crippen LogP contribution >= 0.6 is 0 Å². The Morgan fingerprint density at radius 3 is 1.40 bits per heavy atom. The van der Waals surface area contributed by atoms with E-state index in [2.05, 4.69) is 265 Å². The summed E-state index contributed by atoms with van der Waals surface area (Å²) in [6.07, 6.45) is 2.11. The van der Waals surface area contributed by atoms with Gasteiger partial charge < -0.3 is 28.7 Å². The van der Waals surface area contributed by atoms with E-state index in [4.69, 9.17) is 0 Å². The van der Waals surface area contributed by atoms with Crippen molar-refractivity contribution in [3.63, 3.8) is 0 Å². The van der Waals surface area contributed by atoms with Gasteiger partial charge in [0.2, 0.25) is 0 Å². The SMILES string of the molecule is Cc1cccc(C)c1C1N(c2ccccc2)C(c2ccccc2)[C@H](C)N1c1ccc(-c2ccc(N3C(c4ccccc4)[C@H](C)N(c4cccn4C)C3c3ccccc3)cc2)n1C. The van der Waals surface area contributed by atoms with Gasteiger partial charge in [0.1, 0.15) is 24.0 Å². The fourth-order valence-corrected chi connectivity index (χ4v) is 10.9. The highest BCUT2D eigenvalue weighted by Crippen LogP contribution is 2.53. The lowest BCUT2D eigenvalue weighted by Crippen LogP contribution is -2.35. The molecule has 310 valence electrons. The first kappa shape index (κ1) is 39.2. The normalized spacial score (nSPS) is 21.3. The summed E-state index contributed by atoms with van der Waals surface area (Å²) in [7, 11) is 4.40. The van der Waals surface area contributed by atoms with Gasteiger partial charge in [-0.3, -0.25) is 0 Å². The molecule has 62 heavy (non-hydrogen) atoms. The topological polar surface area (TPSA) is 22.8 Å². The predicted octanol–water partition coefficient (Wildman–Crippen LogP) is 13.0. The zero-order valence-corrected chi connectivity index (χ0v) is 36.6. The summed E-state index contributed by atoms with van der Waals surface area (Å²) in [4.78, 5) is 10.6. The number of nitrogens with zero attached hydrogens (tertiary/aromatic N) is 6. The van der Waals surface area contributed by atoms with Gasteiger partial charge >= 0.3 is 0 Å². The van der Waals surface area contributed by atoms with Gasteiger partial charge in [-0.2, -0.15) is 0 Å². The van der Waals surface area contributed by atoms with E-state index in [1.54, 1.807) is 0 Å². The number of benzene rings is 6. The van der Waals surface area contributed by atoms with Crippen molar-refractivity contribution in [1.29, 1.82) is 0 Å². The molecule has 0 N–H and O–H groups in total. The number of aromatic nitrogens is 2. The number of rotatable bonds is 9. The zero-order valence-electron chi connectivity index (χ0n) is 36.6. The van der Waals surface area contributed by atoms with Crippen LogP contribution in [0.2, 0.25) is 0 Å². The van der Waals surface area contributed by atoms with Crippen LogP contribution < -0.4 is 19.6 Å². The van der Waals surface area contributed by atoms with Crippen LogP contribution in [0.25, 0.3) is 11.3 Å². The van der Waals surface area contributed by atoms with Crippen LogP contribution in [0.15, 0.2) is 194 Å². The molecule has 0 amide bonds. The standard InChI is InChI=1S/C56H56N6/c1-39-21-19-22-40(2)52(39)56-60(42(4)54(45-25-13-8-14-26-45)62(56)47-29-17-10-18-30-47)51-37-36-49(58(51)6)43-32-34-48(35-33-43)61-53(44-23-11-7-12-24-44)41(3)59(50-31-20-38-57(50)5)55(61)46-27-15-9-16-28-46/h7-38,41-42,53-56H,1-6H3/t41-,42-,53?,54?,55?,56?/m0/s1. The average molecular weight is 813 g/mol. The summed E-state index contributed by atoms with van der Waals surface area (Å²) in [6.45, 7) is 9.33. The zero-order chi connectivity index (χ0) is 42.5. The van der Waals surface area contributed by atoms with Crippen LogP contribution in [0.4, 0.5) is 23.0 Å². The molecule has 0 saturated carbocycles. The van der Waals surface area contributed by atoms with Crippen LogP contribution in [0.5, 0.6) is 0 Å². The van der Waals surface area contributed by atoms with Gasteiger partial charge in [0, 0.05) is 42.9 Å². The summed E-state index contributed by atoms with van der Waals surface area (Å²) < 4.78 is 4.67. The molecule has 2 saturated heterocycles. The Balaban J connectivity index is 1.07. The van der Waals surface area contributed by atoms with E-state index in [-0.39, 0.29) is 36.5 Å². The monoisotopic (exact) mass is 812 g/mol. The molecule has 0 spiro atoms. The predicted molar refractivity (Wildman–Crippen MR) is 258 cm³/mol. The lowest BCUT2D eigenvalue weighted by atomic mass is 9.98. The van der Waals surface area contributed by atoms with Gasteiger partial charge in [0.15, 0.2) is 0 Å². The number of hydrogen-bond acceptors (Lipinski definition) is 4. The third-order valence-corrected chi connectivity index (χ3v) is 13.7. The number of anilines is 4. The van der Waals surface area contributed by atoms with Gasteiger partial charge in [-0.15, -0.1) is 0 Å². The first-order valence-electron chi connectivity index (χ1n) is 22.1. The molecule has 4 unspecified atom stereocenters. The molecule has 0 bridgehead atoms. The van der Waals surface area contributed by atoms with Crippen molar-refractivity contribution in [2.75, 3.05) is 19.6 Å². The molecule has 2 aliphatic heterocycles. The summed E-state index contributed by atoms with van der Waals surface area (Å²) in [5.41, 5.74) is 12.7. The van der Waals surface area contributed by atoms with Crippen LogP contribution in [-0.2, 0) is 14.1 Å². The molecule has 4 heterocycles. The van der Waals surface area contributed by atoms with Crippen molar-refractivity contribution in [3.8, 4) is 11.3 Å². The van der Waals surface area contributed by atoms with E-state index < -0.39 is 0 Å². The van der Waals surface area contributed by atoms with Gasteiger partial charge in [-0.1, -0.05) is 140 Å². The molecule has 10 rings (SSSR count). The maximum atomic E-state index is 2.68. The Morgan fingerprint density at radius 1 is 0.387 bits per heavy atom. The van der Waals surface area contributed by atoms with Gasteiger partial charge in [0.25, 0.3) is 0 Å². The number of para-hydroxylation sites is 1. The van der Waals surface area contributed by atoms with Crippen LogP contribution in [0, 0.1) is 13.8 Å². The smallest absolute Gasteiger partial charge is 0.131 e. The van der Waals surface area contributed by atoms with E-state index >= 15 is 0 Å². The van der Waals surface area contributed by atoms with Crippen molar-refractivity contribution < 1.29 is 0 Å². The Bertz CT molecular complexity index is 2740. The Morgan fingerprint density at radius 2 is 0.871 bits per heavy atom. The van der Waals surface area contributed by atoms with Crippen molar-refractivity contribution in [1.82, 2.24) is 9.13 Å². The Labute approximate surface area is 367 Å². The minimum Gasteiger partial charge on any atom is -0.338 e. The molecule has 8 aromatic rings. The second kappa shape index (κ2) is 16.2. The quantitative estimate of drug-likeness (QED) is 0.145. The second-order valence-corrected chi connectivity index (χ2v) is 17.3. The van der Waals surface area contributed by atoms with Crippen LogP contribution in [0.3, 0.4) is 0 Å². The maximum Gasteiger partial charge on any atom is 0.131 e. The maximum absolute atomic E-state index is 2.68. The summed E-state index contributed by atoms with van der Waals surface area (Å²) in [6, 6.07) is 69.8. The van der Waals surface area contributed by atoms with E-state index in [1.807, 2.05) is 0 Å². The molecule has 2 aliphatic rings. The van der Waals surface area contributed by atoms with Crippen LogP contribution in [-0.4, -0.2) is 21.2 Å². The van der Waals surface area contributed by atoms with Crippen LogP contribution in [0.1, 0.15) is 71.6 Å². The third kappa shape index (κ3) is 6.57. The van der Waals surface area contributed by atoms with Crippen molar-refractivity contribution in [3.05, 3.63) is 228 Å². The highest BCUT2D eigenvalue weighted by Gasteiger charge is 2.49. The van der Waals surface area contributed by atoms with E-state index in [9.17, 15) is 0 Å². The lowest BCUT2D eigenvalue weighted by Gasteiger charge is -2.37. The highest BCUT2D eigenvalue weighted by atomic mass is 15.5. The largest absolute Gasteiger partial charge is 0.338 e. The molecule has 0 radical (unpaired) electrons. The van der Waals surface area contributed by atoms with Crippen molar-refractivity contribution >= 4 is 23.0 Å². The van der Waals surface area contributed by atoms with E-state index in [0.717, 1.165) is 0 Å².